The van der Waals surface area contributed by atoms with Crippen molar-refractivity contribution in [3.8, 4) is 11.4 Å². The van der Waals surface area contributed by atoms with Crippen molar-refractivity contribution >= 4 is 44.6 Å². The minimum atomic E-state index is -3.01. The maximum Gasteiger partial charge on any atom is 0.240 e. The molecule has 2 saturated heterocycles. The van der Waals surface area contributed by atoms with Crippen LogP contribution in [0, 0.1) is 5.41 Å². The highest BCUT2D eigenvalue weighted by Gasteiger charge is 2.63. The van der Waals surface area contributed by atoms with Crippen molar-refractivity contribution in [3.05, 3.63) is 93.5 Å². The number of sulfone groups is 1. The Labute approximate surface area is 322 Å². The molecule has 7 rings (SSSR count). The van der Waals surface area contributed by atoms with Gasteiger partial charge in [-0.15, -0.1) is 10.2 Å². The predicted octanol–water partition coefficient (Wildman–Crippen LogP) is 5.57. The summed E-state index contributed by atoms with van der Waals surface area (Å²) in [4.78, 5) is 21.6. The Morgan fingerprint density at radius 2 is 1.74 bits per heavy atom. The summed E-state index contributed by atoms with van der Waals surface area (Å²) in [5.74, 6) is 0.501. The molecule has 1 amide bonds. The fourth-order valence-electron chi connectivity index (χ4n) is 8.78. The monoisotopic (exact) mass is 778 g/mol. The Kier molecular flexibility index (Phi) is 10.6. The van der Waals surface area contributed by atoms with E-state index in [1.165, 1.54) is 6.26 Å². The van der Waals surface area contributed by atoms with E-state index < -0.39 is 21.3 Å². The number of rotatable bonds is 10. The molecular weight excluding hydrogens is 731 g/mol. The molecule has 4 atom stereocenters. The molecule has 0 unspecified atom stereocenters. The second kappa shape index (κ2) is 14.9. The molecule has 4 aromatic rings. The van der Waals surface area contributed by atoms with Crippen molar-refractivity contribution in [1.82, 2.24) is 35.7 Å². The number of fused-ring (bicyclic) bond motifs is 2. The van der Waals surface area contributed by atoms with Crippen LogP contribution in [0.4, 0.5) is 5.69 Å². The second-order valence-corrected chi connectivity index (χ2v) is 19.2. The quantitative estimate of drug-likeness (QED) is 0.213. The van der Waals surface area contributed by atoms with Crippen LogP contribution in [0.5, 0.6) is 0 Å². The number of carbonyl (C=O) groups is 1. The SMILES string of the molecule is CC(C)(C)C[C@@H]1N[C@@H](C(=O)N2CCN(CCCS(C)(=O)=O)CC2)[C@H](c2ccccc2Cl)[C@]12CN(Cc1ccc(-c3nn[nH]n3)cc1)c1ccc(Cl)cc12. The maximum absolute atomic E-state index is 14.9. The number of hydrogen-bond acceptors (Lipinski definition) is 9. The van der Waals surface area contributed by atoms with Crippen molar-refractivity contribution in [3.63, 3.8) is 0 Å². The fraction of sp³-hybridized carbons (Fsp3) is 0.487. The summed E-state index contributed by atoms with van der Waals surface area (Å²) in [6, 6.07) is 21.8. The van der Waals surface area contributed by atoms with Crippen molar-refractivity contribution in [2.75, 3.05) is 56.2 Å². The van der Waals surface area contributed by atoms with Gasteiger partial charge in [-0.05, 0) is 71.0 Å². The number of amides is 1. The van der Waals surface area contributed by atoms with Crippen LogP contribution in [0.25, 0.3) is 11.4 Å². The van der Waals surface area contributed by atoms with E-state index in [2.05, 4.69) is 86.8 Å². The molecule has 3 aliphatic heterocycles. The molecule has 53 heavy (non-hydrogen) atoms. The molecule has 0 saturated carbocycles. The zero-order chi connectivity index (χ0) is 37.5. The minimum Gasteiger partial charge on any atom is -0.366 e. The fourth-order valence-corrected chi connectivity index (χ4v) is 9.86. The van der Waals surface area contributed by atoms with Gasteiger partial charge in [0.15, 0.2) is 0 Å². The van der Waals surface area contributed by atoms with E-state index in [0.717, 1.165) is 34.4 Å². The Morgan fingerprint density at radius 1 is 1.00 bits per heavy atom. The number of anilines is 1. The first-order chi connectivity index (χ1) is 25.2. The van der Waals surface area contributed by atoms with Crippen LogP contribution in [-0.2, 0) is 26.6 Å². The molecule has 14 heteroatoms. The van der Waals surface area contributed by atoms with E-state index in [0.29, 0.717) is 68.1 Å². The maximum atomic E-state index is 14.9. The highest BCUT2D eigenvalue weighted by molar-refractivity contribution is 7.90. The lowest BCUT2D eigenvalue weighted by Crippen LogP contribution is -2.54. The molecule has 1 aromatic heterocycles. The lowest BCUT2D eigenvalue weighted by Gasteiger charge is -2.41. The third-order valence-electron chi connectivity index (χ3n) is 11.1. The van der Waals surface area contributed by atoms with Crippen LogP contribution in [0.1, 0.15) is 56.2 Å². The van der Waals surface area contributed by atoms with Crippen LogP contribution >= 0.6 is 23.2 Å². The molecular formula is C39H48Cl2N8O3S. The van der Waals surface area contributed by atoms with Gasteiger partial charge in [0.2, 0.25) is 11.7 Å². The van der Waals surface area contributed by atoms with Gasteiger partial charge in [-0.2, -0.15) is 5.21 Å². The molecule has 2 N–H and O–H groups in total. The summed E-state index contributed by atoms with van der Waals surface area (Å²) in [5.41, 5.74) is 4.60. The van der Waals surface area contributed by atoms with Crippen molar-refractivity contribution in [2.24, 2.45) is 5.41 Å². The minimum absolute atomic E-state index is 0.0532. The molecule has 0 aliphatic carbocycles. The van der Waals surface area contributed by atoms with E-state index in [1.54, 1.807) is 0 Å². The number of H-pyrrole nitrogens is 1. The highest BCUT2D eigenvalue weighted by atomic mass is 35.5. The van der Waals surface area contributed by atoms with Crippen LogP contribution in [0.15, 0.2) is 66.7 Å². The second-order valence-electron chi connectivity index (χ2n) is 16.1. The molecule has 3 aliphatic rings. The van der Waals surface area contributed by atoms with Crippen molar-refractivity contribution < 1.29 is 13.2 Å². The summed E-state index contributed by atoms with van der Waals surface area (Å²) in [6.45, 7) is 11.3. The third-order valence-corrected chi connectivity index (χ3v) is 12.7. The molecule has 1 spiro atoms. The van der Waals surface area contributed by atoms with E-state index in [-0.39, 0.29) is 29.0 Å². The Bertz CT molecular complexity index is 2030. The van der Waals surface area contributed by atoms with Crippen molar-refractivity contribution in [2.45, 2.75) is 63.6 Å². The van der Waals surface area contributed by atoms with E-state index >= 15 is 0 Å². The lowest BCUT2D eigenvalue weighted by molar-refractivity contribution is -0.135. The summed E-state index contributed by atoms with van der Waals surface area (Å²) in [7, 11) is -3.01. The largest absolute Gasteiger partial charge is 0.366 e. The Balaban J connectivity index is 1.25. The van der Waals surface area contributed by atoms with Gasteiger partial charge in [0.25, 0.3) is 0 Å². The van der Waals surface area contributed by atoms with Crippen molar-refractivity contribution in [1.29, 1.82) is 0 Å². The first kappa shape index (κ1) is 37.8. The molecule has 2 fully saturated rings. The molecule has 0 bridgehead atoms. The van der Waals surface area contributed by atoms with Gasteiger partial charge in [-0.25, -0.2) is 8.42 Å². The average molecular weight is 780 g/mol. The number of hydrogen-bond donors (Lipinski definition) is 2. The smallest absolute Gasteiger partial charge is 0.240 e. The number of aromatic nitrogens is 4. The van der Waals surface area contributed by atoms with Gasteiger partial charge in [-0.1, -0.05) is 86.4 Å². The topological polar surface area (TPSA) is 127 Å². The lowest BCUT2D eigenvalue weighted by atomic mass is 9.63. The third kappa shape index (κ3) is 7.98. The predicted molar refractivity (Wildman–Crippen MR) is 210 cm³/mol. The van der Waals surface area contributed by atoms with E-state index in [1.807, 2.05) is 41.3 Å². The number of nitrogens with zero attached hydrogens (tertiary/aromatic N) is 6. The molecule has 0 radical (unpaired) electrons. The molecule has 11 nitrogen and oxygen atoms in total. The normalized spacial score (nSPS) is 23.5. The van der Waals surface area contributed by atoms with Crippen LogP contribution in [0.2, 0.25) is 10.0 Å². The van der Waals surface area contributed by atoms with Gasteiger partial charge in [0, 0.05) is 84.2 Å². The number of aromatic amines is 1. The molecule has 4 heterocycles. The number of nitrogens with one attached hydrogen (secondary N) is 2. The number of piperazine rings is 1. The molecule has 282 valence electrons. The number of tetrazole rings is 1. The standard InChI is InChI=1S/C39H48Cl2N8O3S/c1-38(2,3)23-33-39(25-49(32-15-14-28(40)22-30(32)39)24-26-10-12-27(13-11-26)36-43-45-46-44-36)34(29-8-5-6-9-31(29)41)35(42-33)37(50)48-19-17-47(18-20-48)16-7-21-53(4,51)52/h5-6,8-15,22,33-35,42H,7,16-21,23-25H2,1-4H3,(H,43,44,45,46)/t33-,34-,35+,39-/m0/s1. The zero-order valence-corrected chi connectivity index (χ0v) is 33.1. The summed E-state index contributed by atoms with van der Waals surface area (Å²) < 4.78 is 23.4. The van der Waals surface area contributed by atoms with Crippen LogP contribution in [-0.4, -0.2) is 108 Å². The molecule has 3 aromatic carbocycles. The number of benzene rings is 3. The Morgan fingerprint density at radius 3 is 2.40 bits per heavy atom. The number of carbonyl (C=O) groups excluding carboxylic acids is 1. The summed E-state index contributed by atoms with van der Waals surface area (Å²) in [6.07, 6.45) is 2.69. The van der Waals surface area contributed by atoms with Gasteiger partial charge in [-0.3, -0.25) is 9.69 Å². The first-order valence-electron chi connectivity index (χ1n) is 18.3. The zero-order valence-electron chi connectivity index (χ0n) is 30.7. The highest BCUT2D eigenvalue weighted by Crippen LogP contribution is 2.59. The first-order valence-corrected chi connectivity index (χ1v) is 21.1. The van der Waals surface area contributed by atoms with E-state index in [9.17, 15) is 13.2 Å². The average Bonchev–Trinajstić information content (AvgIpc) is 3.82. The van der Waals surface area contributed by atoms with Gasteiger partial charge in [0.1, 0.15) is 9.84 Å². The van der Waals surface area contributed by atoms with Gasteiger partial charge < -0.3 is 15.1 Å². The summed E-state index contributed by atoms with van der Waals surface area (Å²) >= 11 is 14.0. The van der Waals surface area contributed by atoms with E-state index in [4.69, 9.17) is 23.2 Å². The van der Waals surface area contributed by atoms with Gasteiger partial charge in [0.05, 0.1) is 11.8 Å². The number of halogens is 2. The summed E-state index contributed by atoms with van der Waals surface area (Å²) in [5, 5.41) is 19.7. The Hall–Kier alpha value is -3.55. The van der Waals surface area contributed by atoms with Crippen LogP contribution in [0.3, 0.4) is 0 Å². The van der Waals surface area contributed by atoms with Crippen LogP contribution < -0.4 is 10.2 Å². The van der Waals surface area contributed by atoms with Gasteiger partial charge >= 0.3 is 0 Å².